The maximum Gasteiger partial charge on any atom is 0.573 e. The molecule has 204 valence electrons. The number of aromatic nitrogens is 3. The molecular weight excluding hydrogens is 574 g/mol. The third-order valence-corrected chi connectivity index (χ3v) is 6.00. The summed E-state index contributed by atoms with van der Waals surface area (Å²) in [6, 6.07) is 8.48. The maximum absolute atomic E-state index is 14.0. The fraction of sp³-hybridized carbons (Fsp3) is 0.167. The molecular formula is C24H15Cl2F5N4O4. The standard InChI is InChI=1S/C24H15Cl2F5N4O4/c1-10-6-7-13(33-22(37)14-8-12(25)18(36)19(26)32-14)16-17(10)34-21(20(27)28)35(23(16)38)9-11-4-2-3-5-15(11)39-24(29,30)31/h2-8,20,36H,9H2,1H3,(H,33,37). The number of carbonyl (C=O) groups is 1. The summed E-state index contributed by atoms with van der Waals surface area (Å²) in [7, 11) is 0. The third kappa shape index (κ3) is 5.88. The first kappa shape index (κ1) is 28.0. The van der Waals surface area contributed by atoms with Crippen molar-refractivity contribution in [3.8, 4) is 11.5 Å². The fourth-order valence-electron chi connectivity index (χ4n) is 3.70. The molecule has 0 atom stereocenters. The van der Waals surface area contributed by atoms with Gasteiger partial charge in [0, 0.05) is 5.56 Å². The first-order chi connectivity index (χ1) is 18.3. The van der Waals surface area contributed by atoms with Crippen LogP contribution in [0.2, 0.25) is 10.2 Å². The molecule has 4 aromatic rings. The summed E-state index contributed by atoms with van der Waals surface area (Å²) in [5, 5.41) is 11.0. The summed E-state index contributed by atoms with van der Waals surface area (Å²) < 4.78 is 71.2. The molecule has 2 aromatic carbocycles. The van der Waals surface area contributed by atoms with Crippen LogP contribution in [0.3, 0.4) is 0 Å². The highest BCUT2D eigenvalue weighted by Crippen LogP contribution is 2.32. The van der Waals surface area contributed by atoms with Crippen molar-refractivity contribution in [3.05, 3.63) is 85.6 Å². The van der Waals surface area contributed by atoms with Crippen molar-refractivity contribution < 1.29 is 36.6 Å². The number of anilines is 1. The minimum atomic E-state index is -5.07. The van der Waals surface area contributed by atoms with Gasteiger partial charge in [-0.3, -0.25) is 14.2 Å². The molecule has 0 aliphatic carbocycles. The average Bonchev–Trinajstić information content (AvgIpc) is 2.85. The summed E-state index contributed by atoms with van der Waals surface area (Å²) in [6.07, 6.45) is -8.35. The van der Waals surface area contributed by atoms with E-state index in [0.29, 0.717) is 10.1 Å². The molecule has 15 heteroatoms. The van der Waals surface area contributed by atoms with Crippen LogP contribution in [0.15, 0.2) is 47.3 Å². The molecule has 39 heavy (non-hydrogen) atoms. The normalized spacial score (nSPS) is 11.7. The Morgan fingerprint density at radius 2 is 1.85 bits per heavy atom. The summed E-state index contributed by atoms with van der Waals surface area (Å²) in [6.45, 7) is 0.743. The van der Waals surface area contributed by atoms with Crippen LogP contribution in [0.1, 0.15) is 33.9 Å². The van der Waals surface area contributed by atoms with Crippen LogP contribution >= 0.6 is 23.2 Å². The predicted octanol–water partition coefficient (Wildman–Crippen LogP) is 6.25. The van der Waals surface area contributed by atoms with Gasteiger partial charge in [0.25, 0.3) is 17.9 Å². The number of hydrogen-bond acceptors (Lipinski definition) is 6. The Hall–Kier alpha value is -3.97. The number of para-hydroxylation sites is 1. The van der Waals surface area contributed by atoms with Gasteiger partial charge < -0.3 is 15.2 Å². The number of alkyl halides is 5. The van der Waals surface area contributed by atoms with Gasteiger partial charge in [-0.05, 0) is 30.7 Å². The van der Waals surface area contributed by atoms with Crippen LogP contribution in [0, 0.1) is 6.92 Å². The molecule has 0 aliphatic heterocycles. The number of amides is 1. The number of carbonyl (C=O) groups excluding carboxylic acids is 1. The molecule has 0 saturated carbocycles. The molecule has 2 heterocycles. The third-order valence-electron chi connectivity index (χ3n) is 5.45. The van der Waals surface area contributed by atoms with Gasteiger partial charge in [-0.2, -0.15) is 0 Å². The highest BCUT2D eigenvalue weighted by Gasteiger charge is 2.32. The van der Waals surface area contributed by atoms with E-state index in [0.717, 1.165) is 12.1 Å². The number of fused-ring (bicyclic) bond motifs is 1. The van der Waals surface area contributed by atoms with Crippen molar-refractivity contribution in [1.29, 1.82) is 0 Å². The minimum Gasteiger partial charge on any atom is -0.504 e. The van der Waals surface area contributed by atoms with Crippen LogP contribution in [0.25, 0.3) is 10.9 Å². The summed E-state index contributed by atoms with van der Waals surface area (Å²) >= 11 is 11.6. The van der Waals surface area contributed by atoms with Crippen molar-refractivity contribution in [2.45, 2.75) is 26.3 Å². The van der Waals surface area contributed by atoms with Gasteiger partial charge in [0.05, 0.1) is 28.2 Å². The first-order valence-corrected chi connectivity index (χ1v) is 11.5. The van der Waals surface area contributed by atoms with Crippen LogP contribution in [-0.2, 0) is 6.54 Å². The fourth-order valence-corrected chi connectivity index (χ4v) is 4.14. The number of nitrogens with one attached hydrogen (secondary N) is 1. The van der Waals surface area contributed by atoms with E-state index in [1.807, 2.05) is 0 Å². The smallest absolute Gasteiger partial charge is 0.504 e. The molecule has 0 radical (unpaired) electrons. The Kier molecular flexibility index (Phi) is 7.66. The Morgan fingerprint density at radius 3 is 2.49 bits per heavy atom. The van der Waals surface area contributed by atoms with Crippen molar-refractivity contribution in [3.63, 3.8) is 0 Å². The largest absolute Gasteiger partial charge is 0.573 e. The Bertz CT molecular complexity index is 1640. The SMILES string of the molecule is Cc1ccc(NC(=O)c2cc(Cl)c(O)c(Cl)n2)c2c(=O)n(Cc3ccccc3OC(F)(F)F)c(C(F)F)nc12. The number of pyridine rings is 1. The zero-order valence-electron chi connectivity index (χ0n) is 19.5. The van der Waals surface area contributed by atoms with Crippen LogP contribution < -0.4 is 15.6 Å². The van der Waals surface area contributed by atoms with Crippen LogP contribution in [0.4, 0.5) is 27.6 Å². The molecule has 2 aromatic heterocycles. The minimum absolute atomic E-state index is 0.158. The molecule has 0 saturated heterocycles. The summed E-state index contributed by atoms with van der Waals surface area (Å²) in [5.41, 5.74) is -1.65. The van der Waals surface area contributed by atoms with Crippen LogP contribution in [0.5, 0.6) is 11.5 Å². The lowest BCUT2D eigenvalue weighted by molar-refractivity contribution is -0.274. The quantitative estimate of drug-likeness (QED) is 0.204. The van der Waals surface area contributed by atoms with E-state index in [1.54, 1.807) is 0 Å². The molecule has 1 amide bonds. The van der Waals surface area contributed by atoms with Gasteiger partial charge in [-0.15, -0.1) is 13.2 Å². The number of aromatic hydroxyl groups is 1. The second-order valence-electron chi connectivity index (χ2n) is 8.05. The van der Waals surface area contributed by atoms with Crippen molar-refractivity contribution >= 4 is 45.7 Å². The van der Waals surface area contributed by atoms with E-state index < -0.39 is 53.3 Å². The van der Waals surface area contributed by atoms with E-state index in [9.17, 15) is 36.6 Å². The summed E-state index contributed by atoms with van der Waals surface area (Å²) in [4.78, 5) is 34.1. The topological polar surface area (TPSA) is 106 Å². The van der Waals surface area contributed by atoms with Gasteiger partial charge in [-0.1, -0.05) is 47.5 Å². The second-order valence-corrected chi connectivity index (χ2v) is 8.82. The van der Waals surface area contributed by atoms with Gasteiger partial charge >= 0.3 is 6.36 Å². The van der Waals surface area contributed by atoms with E-state index >= 15 is 0 Å². The van der Waals surface area contributed by atoms with E-state index in [2.05, 4.69) is 20.0 Å². The zero-order valence-corrected chi connectivity index (χ0v) is 21.0. The monoisotopic (exact) mass is 588 g/mol. The number of nitrogens with zero attached hydrogens (tertiary/aromatic N) is 3. The van der Waals surface area contributed by atoms with Crippen LogP contribution in [-0.4, -0.2) is 31.9 Å². The molecule has 0 unspecified atom stereocenters. The summed E-state index contributed by atoms with van der Waals surface area (Å²) in [5.74, 6) is -3.17. The number of halogens is 7. The van der Waals surface area contributed by atoms with Crippen molar-refractivity contribution in [2.75, 3.05) is 5.32 Å². The first-order valence-electron chi connectivity index (χ1n) is 10.8. The van der Waals surface area contributed by atoms with Crippen molar-refractivity contribution in [2.24, 2.45) is 0 Å². The number of hydrogen-bond donors (Lipinski definition) is 2. The van der Waals surface area contributed by atoms with Gasteiger partial charge in [-0.25, -0.2) is 18.7 Å². The molecule has 4 rings (SSSR count). The predicted molar refractivity (Wildman–Crippen MR) is 132 cm³/mol. The van der Waals surface area contributed by atoms with E-state index in [-0.39, 0.29) is 32.9 Å². The molecule has 0 spiro atoms. The number of rotatable bonds is 6. The molecule has 0 fully saturated rings. The molecule has 0 bridgehead atoms. The van der Waals surface area contributed by atoms with E-state index in [4.69, 9.17) is 23.2 Å². The van der Waals surface area contributed by atoms with Crippen molar-refractivity contribution in [1.82, 2.24) is 14.5 Å². The van der Waals surface area contributed by atoms with E-state index in [1.165, 1.54) is 37.3 Å². The molecule has 0 aliphatic rings. The molecule has 8 nitrogen and oxygen atoms in total. The zero-order chi connectivity index (χ0) is 28.6. The lowest BCUT2D eigenvalue weighted by atomic mass is 10.1. The lowest BCUT2D eigenvalue weighted by Gasteiger charge is -2.18. The van der Waals surface area contributed by atoms with Gasteiger partial charge in [0.2, 0.25) is 0 Å². The van der Waals surface area contributed by atoms with Gasteiger partial charge in [0.15, 0.2) is 16.7 Å². The number of aryl methyl sites for hydroxylation is 1. The Balaban J connectivity index is 1.87. The number of benzene rings is 2. The lowest BCUT2D eigenvalue weighted by Crippen LogP contribution is -2.28. The highest BCUT2D eigenvalue weighted by atomic mass is 35.5. The Morgan fingerprint density at radius 1 is 1.15 bits per heavy atom. The number of ether oxygens (including phenoxy) is 1. The highest BCUT2D eigenvalue weighted by molar-refractivity contribution is 6.36. The molecule has 2 N–H and O–H groups in total. The Labute approximate surface area is 225 Å². The average molecular weight is 589 g/mol. The van der Waals surface area contributed by atoms with Gasteiger partial charge in [0.1, 0.15) is 11.4 Å². The maximum atomic E-state index is 14.0. The second kappa shape index (κ2) is 10.7.